The number of nitrogens with zero attached hydrogens (tertiary/aromatic N) is 1. The van der Waals surface area contributed by atoms with E-state index in [0.717, 1.165) is 25.0 Å². The smallest absolute Gasteiger partial charge is 0.259 e. The fraction of sp³-hybridized carbons (Fsp3) is 0.417. The molecule has 0 aliphatic carbocycles. The van der Waals surface area contributed by atoms with Gasteiger partial charge >= 0.3 is 0 Å². The third-order valence-corrected chi connectivity index (χ3v) is 2.86. The van der Waals surface area contributed by atoms with Crippen LogP contribution < -0.4 is 4.74 Å². The third kappa shape index (κ3) is 2.23. The normalized spacial score (nSPS) is 15.1. The molecule has 1 aliphatic rings. The van der Waals surface area contributed by atoms with Crippen LogP contribution in [-0.2, 0) is 0 Å². The molecule has 0 bridgehead atoms. The molecule has 1 heterocycles. The molecule has 0 atom stereocenters. The van der Waals surface area contributed by atoms with Gasteiger partial charge in [-0.3, -0.25) is 4.79 Å². The van der Waals surface area contributed by atoms with Crippen LogP contribution in [0.4, 0.5) is 8.78 Å². The van der Waals surface area contributed by atoms with Gasteiger partial charge < -0.3 is 9.64 Å². The molecule has 17 heavy (non-hydrogen) atoms. The first-order valence-electron chi connectivity index (χ1n) is 5.46. The quantitative estimate of drug-likeness (QED) is 0.794. The van der Waals surface area contributed by atoms with Gasteiger partial charge in [-0.05, 0) is 12.8 Å². The van der Waals surface area contributed by atoms with Crippen molar-refractivity contribution >= 4 is 5.91 Å². The van der Waals surface area contributed by atoms with E-state index in [0.29, 0.717) is 13.1 Å². The summed E-state index contributed by atoms with van der Waals surface area (Å²) in [5.41, 5.74) is -0.493. The van der Waals surface area contributed by atoms with Gasteiger partial charge in [0.15, 0.2) is 0 Å². The summed E-state index contributed by atoms with van der Waals surface area (Å²) in [6.45, 7) is 1.12. The van der Waals surface area contributed by atoms with Crippen LogP contribution in [0.25, 0.3) is 0 Å². The van der Waals surface area contributed by atoms with Crippen LogP contribution >= 0.6 is 0 Å². The summed E-state index contributed by atoms with van der Waals surface area (Å²) >= 11 is 0. The van der Waals surface area contributed by atoms with Crippen molar-refractivity contribution in [2.45, 2.75) is 12.8 Å². The van der Waals surface area contributed by atoms with Crippen LogP contribution in [0.1, 0.15) is 23.2 Å². The molecule has 5 heteroatoms. The van der Waals surface area contributed by atoms with Crippen molar-refractivity contribution in [1.29, 1.82) is 0 Å². The molecule has 1 saturated heterocycles. The van der Waals surface area contributed by atoms with Crippen molar-refractivity contribution in [1.82, 2.24) is 4.90 Å². The number of rotatable bonds is 2. The highest BCUT2D eigenvalue weighted by atomic mass is 19.1. The Balaban J connectivity index is 2.34. The van der Waals surface area contributed by atoms with E-state index in [1.165, 1.54) is 12.0 Å². The van der Waals surface area contributed by atoms with E-state index in [-0.39, 0.29) is 5.75 Å². The van der Waals surface area contributed by atoms with E-state index < -0.39 is 23.1 Å². The Morgan fingerprint density at radius 2 is 1.76 bits per heavy atom. The molecule has 0 unspecified atom stereocenters. The number of methoxy groups -OCH3 is 1. The predicted molar refractivity (Wildman–Crippen MR) is 58.0 cm³/mol. The Hall–Kier alpha value is -1.65. The molecule has 1 fully saturated rings. The molecule has 0 spiro atoms. The van der Waals surface area contributed by atoms with Gasteiger partial charge in [-0.2, -0.15) is 0 Å². The fourth-order valence-corrected chi connectivity index (χ4v) is 1.95. The number of hydrogen-bond acceptors (Lipinski definition) is 2. The maximum absolute atomic E-state index is 13.6. The van der Waals surface area contributed by atoms with Gasteiger partial charge in [0, 0.05) is 25.2 Å². The standard InChI is InChI=1S/C12H13F2NO2/c1-17-8-6-9(13)11(10(14)7-8)12(16)15-4-2-3-5-15/h6-7H,2-5H2,1H3. The summed E-state index contributed by atoms with van der Waals surface area (Å²) in [6.07, 6.45) is 1.76. The lowest BCUT2D eigenvalue weighted by Crippen LogP contribution is -2.29. The van der Waals surface area contributed by atoms with E-state index in [4.69, 9.17) is 4.74 Å². The van der Waals surface area contributed by atoms with Gasteiger partial charge in [-0.25, -0.2) is 8.78 Å². The summed E-state index contributed by atoms with van der Waals surface area (Å²) in [5, 5.41) is 0. The van der Waals surface area contributed by atoms with Crippen molar-refractivity contribution in [3.63, 3.8) is 0 Å². The second-order valence-corrected chi connectivity index (χ2v) is 3.97. The van der Waals surface area contributed by atoms with Gasteiger partial charge in [-0.1, -0.05) is 0 Å². The summed E-state index contributed by atoms with van der Waals surface area (Å²) in [4.78, 5) is 13.4. The van der Waals surface area contributed by atoms with E-state index in [1.807, 2.05) is 0 Å². The van der Waals surface area contributed by atoms with Crippen molar-refractivity contribution < 1.29 is 18.3 Å². The molecule has 2 rings (SSSR count). The molecule has 1 aliphatic heterocycles. The zero-order valence-electron chi connectivity index (χ0n) is 9.50. The second-order valence-electron chi connectivity index (χ2n) is 3.97. The Morgan fingerprint density at radius 1 is 1.24 bits per heavy atom. The topological polar surface area (TPSA) is 29.5 Å². The highest BCUT2D eigenvalue weighted by Crippen LogP contribution is 2.23. The first-order chi connectivity index (χ1) is 8.13. The third-order valence-electron chi connectivity index (χ3n) is 2.86. The van der Waals surface area contributed by atoms with Gasteiger partial charge in [-0.15, -0.1) is 0 Å². The van der Waals surface area contributed by atoms with Crippen LogP contribution in [0, 0.1) is 11.6 Å². The van der Waals surface area contributed by atoms with Gasteiger partial charge in [0.25, 0.3) is 5.91 Å². The molecule has 1 aromatic rings. The van der Waals surface area contributed by atoms with Crippen molar-refractivity contribution in [2.75, 3.05) is 20.2 Å². The Bertz CT molecular complexity index is 419. The molecule has 92 valence electrons. The number of benzene rings is 1. The highest BCUT2D eigenvalue weighted by molar-refractivity contribution is 5.95. The van der Waals surface area contributed by atoms with Crippen LogP contribution in [0.15, 0.2) is 12.1 Å². The molecule has 3 nitrogen and oxygen atoms in total. The lowest BCUT2D eigenvalue weighted by atomic mass is 10.1. The minimum Gasteiger partial charge on any atom is -0.497 e. The molecule has 1 amide bonds. The zero-order chi connectivity index (χ0) is 12.4. The lowest BCUT2D eigenvalue weighted by molar-refractivity contribution is 0.0783. The molecule has 0 radical (unpaired) electrons. The van der Waals surface area contributed by atoms with E-state index >= 15 is 0 Å². The van der Waals surface area contributed by atoms with Gasteiger partial charge in [0.2, 0.25) is 0 Å². The number of carbonyl (C=O) groups excluding carboxylic acids is 1. The van der Waals surface area contributed by atoms with Crippen LogP contribution in [0.3, 0.4) is 0 Å². The second kappa shape index (κ2) is 4.69. The number of carbonyl (C=O) groups is 1. The molecular formula is C12H13F2NO2. The summed E-state index contributed by atoms with van der Waals surface area (Å²) in [6, 6.07) is 2.04. The Morgan fingerprint density at radius 3 is 2.24 bits per heavy atom. The lowest BCUT2D eigenvalue weighted by Gasteiger charge is -2.16. The summed E-state index contributed by atoms with van der Waals surface area (Å²) in [5.74, 6) is -2.27. The van der Waals surface area contributed by atoms with Crippen molar-refractivity contribution in [3.05, 3.63) is 29.3 Å². The first-order valence-corrected chi connectivity index (χ1v) is 5.46. The average Bonchev–Trinajstić information content (AvgIpc) is 2.81. The van der Waals surface area contributed by atoms with Crippen molar-refractivity contribution in [2.24, 2.45) is 0 Å². The number of hydrogen-bond donors (Lipinski definition) is 0. The maximum atomic E-state index is 13.6. The van der Waals surface area contributed by atoms with E-state index in [9.17, 15) is 13.6 Å². The molecule has 0 N–H and O–H groups in total. The van der Waals surface area contributed by atoms with E-state index in [2.05, 4.69) is 0 Å². The van der Waals surface area contributed by atoms with Crippen LogP contribution in [-0.4, -0.2) is 31.0 Å². The number of ether oxygens (including phenoxy) is 1. The Kier molecular flexibility index (Phi) is 3.26. The van der Waals surface area contributed by atoms with Gasteiger partial charge in [0.1, 0.15) is 22.9 Å². The molecule has 0 aromatic heterocycles. The molecule has 0 saturated carbocycles. The first kappa shape index (κ1) is 11.8. The minimum absolute atomic E-state index is 0.0676. The Labute approximate surface area is 98.0 Å². The predicted octanol–water partition coefficient (Wildman–Crippen LogP) is 2.21. The highest BCUT2D eigenvalue weighted by Gasteiger charge is 2.26. The van der Waals surface area contributed by atoms with Crippen LogP contribution in [0.2, 0.25) is 0 Å². The molecular weight excluding hydrogens is 228 g/mol. The van der Waals surface area contributed by atoms with Crippen molar-refractivity contribution in [3.8, 4) is 5.75 Å². The van der Waals surface area contributed by atoms with Gasteiger partial charge in [0.05, 0.1) is 7.11 Å². The minimum atomic E-state index is -0.876. The maximum Gasteiger partial charge on any atom is 0.259 e. The zero-order valence-corrected chi connectivity index (χ0v) is 9.50. The fourth-order valence-electron chi connectivity index (χ4n) is 1.95. The number of likely N-dealkylation sites (tertiary alicyclic amines) is 1. The largest absolute Gasteiger partial charge is 0.497 e. The SMILES string of the molecule is COc1cc(F)c(C(=O)N2CCCC2)c(F)c1. The summed E-state index contributed by atoms with van der Waals surface area (Å²) in [7, 11) is 1.32. The average molecular weight is 241 g/mol. The number of halogens is 2. The monoisotopic (exact) mass is 241 g/mol. The van der Waals surface area contributed by atoms with Crippen LogP contribution in [0.5, 0.6) is 5.75 Å². The summed E-state index contributed by atoms with van der Waals surface area (Å²) < 4.78 is 32.0. The number of amides is 1. The molecule has 1 aromatic carbocycles. The van der Waals surface area contributed by atoms with E-state index in [1.54, 1.807) is 0 Å².